The zero-order chi connectivity index (χ0) is 19.8. The summed E-state index contributed by atoms with van der Waals surface area (Å²) in [5.41, 5.74) is -0.466. The first kappa shape index (κ1) is 19.1. The lowest BCUT2D eigenvalue weighted by molar-refractivity contribution is -0.143. The van der Waals surface area contributed by atoms with Gasteiger partial charge in [-0.25, -0.2) is 4.98 Å². The zero-order valence-electron chi connectivity index (χ0n) is 16.9. The van der Waals surface area contributed by atoms with Crippen LogP contribution in [0.3, 0.4) is 0 Å². The summed E-state index contributed by atoms with van der Waals surface area (Å²) in [7, 11) is 0. The first-order chi connectivity index (χ1) is 14.2. The monoisotopic (exact) mass is 401 g/mol. The van der Waals surface area contributed by atoms with Crippen molar-refractivity contribution in [2.75, 3.05) is 39.4 Å². The quantitative estimate of drug-likeness (QED) is 0.786. The first-order valence-electron chi connectivity index (χ1n) is 11.1. The predicted octanol–water partition coefficient (Wildman–Crippen LogP) is 1.02. The van der Waals surface area contributed by atoms with Crippen molar-refractivity contribution in [2.24, 2.45) is 11.3 Å². The molecule has 2 N–H and O–H groups in total. The SMILES string of the molecule is O=C(c1ncc[nH]1)N1CC[C@@H]2C[C@H](N3CCOCC3)CC[C@@]2(C(=O)NC2CC2)C1. The fourth-order valence-corrected chi connectivity index (χ4v) is 5.54. The highest BCUT2D eigenvalue weighted by Gasteiger charge is 2.54. The molecule has 4 fully saturated rings. The lowest BCUT2D eigenvalue weighted by atomic mass is 9.60. The predicted molar refractivity (Wildman–Crippen MR) is 106 cm³/mol. The maximum Gasteiger partial charge on any atom is 0.289 e. The van der Waals surface area contributed by atoms with E-state index in [1.54, 1.807) is 12.4 Å². The van der Waals surface area contributed by atoms with E-state index in [0.29, 0.717) is 36.9 Å². The van der Waals surface area contributed by atoms with Crippen LogP contribution < -0.4 is 5.32 Å². The number of imidazole rings is 1. The van der Waals surface area contributed by atoms with Gasteiger partial charge in [0.05, 0.1) is 18.6 Å². The third-order valence-electron chi connectivity index (χ3n) is 7.40. The van der Waals surface area contributed by atoms with Gasteiger partial charge in [0.25, 0.3) is 5.91 Å². The van der Waals surface area contributed by atoms with Crippen LogP contribution in [0.1, 0.15) is 49.1 Å². The molecular weight excluding hydrogens is 370 g/mol. The van der Waals surface area contributed by atoms with E-state index in [1.807, 2.05) is 4.90 Å². The summed E-state index contributed by atoms with van der Waals surface area (Å²) in [5, 5.41) is 3.27. The number of morpholine rings is 1. The van der Waals surface area contributed by atoms with Crippen LogP contribution in [0, 0.1) is 11.3 Å². The highest BCUT2D eigenvalue weighted by Crippen LogP contribution is 2.48. The summed E-state index contributed by atoms with van der Waals surface area (Å²) < 4.78 is 5.52. The number of amides is 2. The lowest BCUT2D eigenvalue weighted by Crippen LogP contribution is -2.61. The van der Waals surface area contributed by atoms with Gasteiger partial charge < -0.3 is 19.9 Å². The van der Waals surface area contributed by atoms with Gasteiger partial charge in [0.15, 0.2) is 5.82 Å². The number of fused-ring (bicyclic) bond motifs is 1. The molecule has 2 saturated heterocycles. The molecule has 3 heterocycles. The Kier molecular flexibility index (Phi) is 5.07. The average molecular weight is 402 g/mol. The Bertz CT molecular complexity index is 744. The van der Waals surface area contributed by atoms with Crippen molar-refractivity contribution in [3.63, 3.8) is 0 Å². The van der Waals surface area contributed by atoms with Gasteiger partial charge >= 0.3 is 0 Å². The van der Waals surface area contributed by atoms with E-state index in [0.717, 1.165) is 64.8 Å². The second kappa shape index (κ2) is 7.72. The van der Waals surface area contributed by atoms with E-state index < -0.39 is 5.41 Å². The van der Waals surface area contributed by atoms with Gasteiger partial charge in [-0.15, -0.1) is 0 Å². The van der Waals surface area contributed by atoms with Gasteiger partial charge in [0, 0.05) is 50.7 Å². The molecule has 158 valence electrons. The summed E-state index contributed by atoms with van der Waals surface area (Å²) in [6.07, 6.45) is 9.21. The molecule has 0 radical (unpaired) electrons. The fraction of sp³-hybridized carbons (Fsp3) is 0.762. The Balaban J connectivity index is 1.35. The second-order valence-electron chi connectivity index (χ2n) is 9.13. The minimum Gasteiger partial charge on any atom is -0.379 e. The molecule has 3 atom stereocenters. The average Bonchev–Trinajstić information content (AvgIpc) is 3.41. The molecule has 0 unspecified atom stereocenters. The van der Waals surface area contributed by atoms with Gasteiger partial charge in [-0.05, 0) is 44.4 Å². The summed E-state index contributed by atoms with van der Waals surface area (Å²) in [5.74, 6) is 0.761. The number of likely N-dealkylation sites (tertiary alicyclic amines) is 1. The highest BCUT2D eigenvalue weighted by molar-refractivity contribution is 5.92. The number of H-pyrrole nitrogens is 1. The number of carbonyl (C=O) groups excluding carboxylic acids is 2. The lowest BCUT2D eigenvalue weighted by Gasteiger charge is -2.53. The van der Waals surface area contributed by atoms with Gasteiger partial charge in [0.1, 0.15) is 0 Å². The molecule has 4 aliphatic rings. The Morgan fingerprint density at radius 1 is 1.17 bits per heavy atom. The maximum atomic E-state index is 13.4. The van der Waals surface area contributed by atoms with Crippen LogP contribution >= 0.6 is 0 Å². The maximum absolute atomic E-state index is 13.4. The molecule has 8 nitrogen and oxygen atoms in total. The van der Waals surface area contributed by atoms with Crippen LogP contribution in [0.4, 0.5) is 0 Å². The summed E-state index contributed by atoms with van der Waals surface area (Å²) in [6.45, 7) is 4.79. The zero-order valence-corrected chi connectivity index (χ0v) is 16.9. The van der Waals surface area contributed by atoms with Crippen LogP contribution in [0.25, 0.3) is 0 Å². The van der Waals surface area contributed by atoms with Crippen molar-refractivity contribution < 1.29 is 14.3 Å². The molecule has 8 heteroatoms. The number of hydrogen-bond acceptors (Lipinski definition) is 5. The molecule has 0 bridgehead atoms. The Morgan fingerprint density at radius 3 is 2.72 bits per heavy atom. The molecule has 0 aromatic carbocycles. The second-order valence-corrected chi connectivity index (χ2v) is 9.13. The van der Waals surface area contributed by atoms with Crippen molar-refractivity contribution in [1.29, 1.82) is 0 Å². The van der Waals surface area contributed by atoms with E-state index in [2.05, 4.69) is 20.2 Å². The van der Waals surface area contributed by atoms with Crippen LogP contribution in [-0.4, -0.2) is 83.1 Å². The highest BCUT2D eigenvalue weighted by atomic mass is 16.5. The molecule has 2 aliphatic heterocycles. The fourth-order valence-electron chi connectivity index (χ4n) is 5.54. The number of nitrogens with zero attached hydrogens (tertiary/aromatic N) is 3. The number of carbonyl (C=O) groups is 2. The molecule has 2 amide bonds. The van der Waals surface area contributed by atoms with Crippen molar-refractivity contribution in [2.45, 2.75) is 50.6 Å². The molecular formula is C21H31N5O3. The Morgan fingerprint density at radius 2 is 2.00 bits per heavy atom. The number of aromatic nitrogens is 2. The van der Waals surface area contributed by atoms with E-state index >= 15 is 0 Å². The van der Waals surface area contributed by atoms with Gasteiger partial charge in [-0.2, -0.15) is 0 Å². The molecule has 5 rings (SSSR count). The van der Waals surface area contributed by atoms with Crippen molar-refractivity contribution >= 4 is 11.8 Å². The molecule has 1 aromatic rings. The first-order valence-corrected chi connectivity index (χ1v) is 11.1. The van der Waals surface area contributed by atoms with E-state index in [1.165, 1.54) is 0 Å². The number of hydrogen-bond donors (Lipinski definition) is 2. The van der Waals surface area contributed by atoms with E-state index in [9.17, 15) is 9.59 Å². The summed E-state index contributed by atoms with van der Waals surface area (Å²) in [4.78, 5) is 37.8. The van der Waals surface area contributed by atoms with Gasteiger partial charge in [0.2, 0.25) is 5.91 Å². The summed E-state index contributed by atoms with van der Waals surface area (Å²) >= 11 is 0. The smallest absolute Gasteiger partial charge is 0.289 e. The minimum atomic E-state index is -0.466. The Hall–Kier alpha value is -1.93. The largest absolute Gasteiger partial charge is 0.379 e. The van der Waals surface area contributed by atoms with E-state index in [4.69, 9.17) is 4.74 Å². The number of nitrogens with one attached hydrogen (secondary N) is 2. The van der Waals surface area contributed by atoms with Crippen molar-refractivity contribution in [1.82, 2.24) is 25.1 Å². The number of rotatable bonds is 4. The minimum absolute atomic E-state index is 0.0950. The van der Waals surface area contributed by atoms with Crippen LogP contribution in [0.5, 0.6) is 0 Å². The molecule has 29 heavy (non-hydrogen) atoms. The number of piperidine rings is 1. The molecule has 2 saturated carbocycles. The molecule has 2 aliphatic carbocycles. The van der Waals surface area contributed by atoms with Crippen molar-refractivity contribution in [3.05, 3.63) is 18.2 Å². The van der Waals surface area contributed by atoms with Gasteiger partial charge in [-0.1, -0.05) is 0 Å². The molecule has 1 aromatic heterocycles. The third kappa shape index (κ3) is 3.68. The Labute approximate surface area is 171 Å². The van der Waals surface area contributed by atoms with Crippen LogP contribution in [-0.2, 0) is 9.53 Å². The standard InChI is InChI=1S/C21H31N5O3/c27-19(18-22-6-7-23-18)26-8-4-15-13-17(25-9-11-29-12-10-25)3-5-21(15,14-26)20(28)24-16-1-2-16/h6-7,15-17H,1-5,8-14H2,(H,22,23)(H,24,28)/t15-,17-,21-/m1/s1. The topological polar surface area (TPSA) is 90.6 Å². The van der Waals surface area contributed by atoms with E-state index in [-0.39, 0.29) is 11.8 Å². The van der Waals surface area contributed by atoms with Crippen LogP contribution in [0.2, 0.25) is 0 Å². The van der Waals surface area contributed by atoms with Crippen LogP contribution in [0.15, 0.2) is 12.4 Å². The normalized spacial score (nSPS) is 33.2. The molecule has 0 spiro atoms. The third-order valence-corrected chi connectivity index (χ3v) is 7.40. The number of aromatic amines is 1. The number of ether oxygens (including phenoxy) is 1. The van der Waals surface area contributed by atoms with Gasteiger partial charge in [-0.3, -0.25) is 14.5 Å². The van der Waals surface area contributed by atoms with Crippen molar-refractivity contribution in [3.8, 4) is 0 Å². The summed E-state index contributed by atoms with van der Waals surface area (Å²) in [6, 6.07) is 0.865.